The zero-order valence-corrected chi connectivity index (χ0v) is 8.96. The second kappa shape index (κ2) is 4.08. The van der Waals surface area contributed by atoms with Crippen LogP contribution in [0, 0.1) is 12.7 Å². The molecule has 2 aromatic rings. The summed E-state index contributed by atoms with van der Waals surface area (Å²) in [4.78, 5) is 4.84. The number of aryl methyl sites for hydroxylation is 1. The second-order valence-electron chi connectivity index (χ2n) is 3.24. The largest absolute Gasteiger partial charge is 0.383 e. The van der Waals surface area contributed by atoms with E-state index < -0.39 is 6.10 Å². The minimum atomic E-state index is -0.711. The zero-order valence-electron chi connectivity index (χ0n) is 8.14. The Morgan fingerprint density at radius 2 is 2.00 bits per heavy atom. The van der Waals surface area contributed by atoms with Crippen LogP contribution in [0.2, 0.25) is 0 Å². The predicted octanol–water partition coefficient (Wildman–Crippen LogP) is 2.67. The van der Waals surface area contributed by atoms with E-state index in [2.05, 4.69) is 4.98 Å². The highest BCUT2D eigenvalue weighted by atomic mass is 32.1. The summed E-state index contributed by atoms with van der Waals surface area (Å²) in [6.07, 6.45) is 0.936. The van der Waals surface area contributed by atoms with Gasteiger partial charge in [0.25, 0.3) is 0 Å². The lowest BCUT2D eigenvalue weighted by Crippen LogP contribution is -1.96. The monoisotopic (exact) mass is 223 g/mol. The summed E-state index contributed by atoms with van der Waals surface area (Å²) >= 11 is 1.44. The molecule has 1 heterocycles. The quantitative estimate of drug-likeness (QED) is 0.849. The fourth-order valence-corrected chi connectivity index (χ4v) is 2.11. The topological polar surface area (TPSA) is 33.1 Å². The van der Waals surface area contributed by atoms with Gasteiger partial charge >= 0.3 is 0 Å². The standard InChI is InChI=1S/C11H10FNOS/c1-7-13-6-10(15-7)11(14)8-2-4-9(12)5-3-8/h2-6,11,14H,1H3. The van der Waals surface area contributed by atoms with Gasteiger partial charge in [0.05, 0.1) is 9.88 Å². The molecular formula is C11H10FNOS. The molecule has 0 aliphatic heterocycles. The van der Waals surface area contributed by atoms with Crippen LogP contribution in [0.15, 0.2) is 30.5 Å². The van der Waals surface area contributed by atoms with Crippen molar-refractivity contribution in [2.45, 2.75) is 13.0 Å². The first kappa shape index (κ1) is 10.3. The van der Waals surface area contributed by atoms with Gasteiger partial charge in [0, 0.05) is 6.20 Å². The second-order valence-corrected chi connectivity index (χ2v) is 4.50. The number of aliphatic hydroxyl groups excluding tert-OH is 1. The summed E-state index contributed by atoms with van der Waals surface area (Å²) in [5.41, 5.74) is 0.681. The van der Waals surface area contributed by atoms with Crippen LogP contribution in [-0.2, 0) is 0 Å². The molecule has 2 nitrogen and oxygen atoms in total. The van der Waals surface area contributed by atoms with Gasteiger partial charge in [0.15, 0.2) is 0 Å². The van der Waals surface area contributed by atoms with E-state index in [4.69, 9.17) is 0 Å². The summed E-state index contributed by atoms with van der Waals surface area (Å²) < 4.78 is 12.7. The van der Waals surface area contributed by atoms with Gasteiger partial charge in [-0.05, 0) is 24.6 Å². The third-order valence-electron chi connectivity index (χ3n) is 2.09. The van der Waals surface area contributed by atoms with Gasteiger partial charge in [-0.2, -0.15) is 0 Å². The third kappa shape index (κ3) is 2.22. The molecule has 15 heavy (non-hydrogen) atoms. The average Bonchev–Trinajstić information content (AvgIpc) is 2.65. The van der Waals surface area contributed by atoms with Gasteiger partial charge in [0.2, 0.25) is 0 Å². The molecule has 0 fully saturated rings. The first-order valence-corrected chi connectivity index (χ1v) is 5.34. The number of benzene rings is 1. The van der Waals surface area contributed by atoms with Crippen molar-refractivity contribution in [1.29, 1.82) is 0 Å². The fraction of sp³-hybridized carbons (Fsp3) is 0.182. The highest BCUT2D eigenvalue weighted by molar-refractivity contribution is 7.11. The molecule has 1 unspecified atom stereocenters. The fourth-order valence-electron chi connectivity index (χ4n) is 1.31. The molecule has 0 aliphatic rings. The van der Waals surface area contributed by atoms with Crippen LogP contribution in [0.1, 0.15) is 21.6 Å². The van der Waals surface area contributed by atoms with E-state index in [0.717, 1.165) is 9.88 Å². The number of hydrogen-bond acceptors (Lipinski definition) is 3. The van der Waals surface area contributed by atoms with Gasteiger partial charge in [-0.15, -0.1) is 11.3 Å². The molecule has 1 atom stereocenters. The molecule has 0 spiro atoms. The van der Waals surface area contributed by atoms with Crippen molar-refractivity contribution in [2.24, 2.45) is 0 Å². The van der Waals surface area contributed by atoms with E-state index in [1.54, 1.807) is 18.3 Å². The molecule has 0 aliphatic carbocycles. The third-order valence-corrected chi connectivity index (χ3v) is 3.06. The normalized spacial score (nSPS) is 12.7. The van der Waals surface area contributed by atoms with Crippen molar-refractivity contribution in [3.63, 3.8) is 0 Å². The van der Waals surface area contributed by atoms with E-state index >= 15 is 0 Å². The van der Waals surface area contributed by atoms with E-state index in [-0.39, 0.29) is 5.82 Å². The molecule has 78 valence electrons. The van der Waals surface area contributed by atoms with Gasteiger partial charge in [-0.25, -0.2) is 9.37 Å². The Balaban J connectivity index is 2.28. The average molecular weight is 223 g/mol. The van der Waals surface area contributed by atoms with E-state index in [9.17, 15) is 9.50 Å². The lowest BCUT2D eigenvalue weighted by atomic mass is 10.1. The lowest BCUT2D eigenvalue weighted by Gasteiger charge is -2.07. The van der Waals surface area contributed by atoms with Crippen LogP contribution >= 0.6 is 11.3 Å². The Kier molecular flexibility index (Phi) is 2.79. The molecule has 2 rings (SSSR count). The van der Waals surface area contributed by atoms with Crippen molar-refractivity contribution in [1.82, 2.24) is 4.98 Å². The van der Waals surface area contributed by atoms with E-state index in [0.29, 0.717) is 5.56 Å². The first-order chi connectivity index (χ1) is 7.16. The number of rotatable bonds is 2. The maximum Gasteiger partial charge on any atom is 0.123 e. The molecule has 0 saturated heterocycles. The van der Waals surface area contributed by atoms with Gasteiger partial charge in [-0.3, -0.25) is 0 Å². The Morgan fingerprint density at radius 1 is 1.33 bits per heavy atom. The highest BCUT2D eigenvalue weighted by Gasteiger charge is 2.12. The summed E-state index contributed by atoms with van der Waals surface area (Å²) in [7, 11) is 0. The number of hydrogen-bond donors (Lipinski definition) is 1. The van der Waals surface area contributed by atoms with Crippen LogP contribution in [0.25, 0.3) is 0 Å². The van der Waals surface area contributed by atoms with Crippen molar-refractivity contribution in [3.8, 4) is 0 Å². The summed E-state index contributed by atoms with van der Waals surface area (Å²) in [6, 6.07) is 5.84. The van der Waals surface area contributed by atoms with E-state index in [1.807, 2.05) is 6.92 Å². The van der Waals surface area contributed by atoms with Crippen molar-refractivity contribution >= 4 is 11.3 Å². The van der Waals surface area contributed by atoms with Crippen LogP contribution in [0.5, 0.6) is 0 Å². The number of aromatic nitrogens is 1. The number of nitrogens with zero attached hydrogens (tertiary/aromatic N) is 1. The Labute approximate surface area is 91.0 Å². The summed E-state index contributed by atoms with van der Waals surface area (Å²) in [5.74, 6) is -0.300. The molecule has 1 N–H and O–H groups in total. The van der Waals surface area contributed by atoms with Crippen LogP contribution in [-0.4, -0.2) is 10.1 Å². The van der Waals surface area contributed by atoms with Crippen molar-refractivity contribution < 1.29 is 9.50 Å². The maximum atomic E-state index is 12.7. The first-order valence-electron chi connectivity index (χ1n) is 4.52. The smallest absolute Gasteiger partial charge is 0.123 e. The minimum Gasteiger partial charge on any atom is -0.383 e. The molecule has 0 bridgehead atoms. The molecule has 0 amide bonds. The highest BCUT2D eigenvalue weighted by Crippen LogP contribution is 2.26. The SMILES string of the molecule is Cc1ncc(C(O)c2ccc(F)cc2)s1. The van der Waals surface area contributed by atoms with Crippen LogP contribution in [0.4, 0.5) is 4.39 Å². The Morgan fingerprint density at radius 3 is 2.53 bits per heavy atom. The maximum absolute atomic E-state index is 12.7. The molecule has 4 heteroatoms. The van der Waals surface area contributed by atoms with Gasteiger partial charge < -0.3 is 5.11 Å². The number of halogens is 1. The lowest BCUT2D eigenvalue weighted by molar-refractivity contribution is 0.224. The van der Waals surface area contributed by atoms with E-state index in [1.165, 1.54) is 23.5 Å². The van der Waals surface area contributed by atoms with Gasteiger partial charge in [-0.1, -0.05) is 12.1 Å². The molecular weight excluding hydrogens is 213 g/mol. The molecule has 0 saturated carbocycles. The minimum absolute atomic E-state index is 0.300. The number of aliphatic hydroxyl groups is 1. The molecule has 1 aromatic heterocycles. The zero-order chi connectivity index (χ0) is 10.8. The van der Waals surface area contributed by atoms with Crippen LogP contribution in [0.3, 0.4) is 0 Å². The molecule has 1 aromatic carbocycles. The van der Waals surface area contributed by atoms with Crippen LogP contribution < -0.4 is 0 Å². The Bertz CT molecular complexity index is 452. The Hall–Kier alpha value is -1.26. The van der Waals surface area contributed by atoms with Gasteiger partial charge in [0.1, 0.15) is 11.9 Å². The summed E-state index contributed by atoms with van der Waals surface area (Å²) in [5, 5.41) is 10.9. The summed E-state index contributed by atoms with van der Waals surface area (Å²) in [6.45, 7) is 1.88. The van der Waals surface area contributed by atoms with Crippen molar-refractivity contribution in [3.05, 3.63) is 51.7 Å². The van der Waals surface area contributed by atoms with Crippen molar-refractivity contribution in [2.75, 3.05) is 0 Å². The predicted molar refractivity (Wildman–Crippen MR) is 57.3 cm³/mol. The molecule has 0 radical (unpaired) electrons. The number of thiazole rings is 1.